The van der Waals surface area contributed by atoms with Gasteiger partial charge in [0.2, 0.25) is 11.3 Å². The van der Waals surface area contributed by atoms with Crippen LogP contribution < -0.4 is 10.7 Å². The molecule has 1 aromatic rings. The van der Waals surface area contributed by atoms with Crippen molar-refractivity contribution in [2.75, 3.05) is 24.6 Å². The number of hydrogen-bond acceptors (Lipinski definition) is 6. The third-order valence-electron chi connectivity index (χ3n) is 3.28. The van der Waals surface area contributed by atoms with Crippen molar-refractivity contribution in [1.82, 2.24) is 10.2 Å². The summed E-state index contributed by atoms with van der Waals surface area (Å²) in [6.45, 7) is 3.83. The summed E-state index contributed by atoms with van der Waals surface area (Å²) in [4.78, 5) is 25.4. The van der Waals surface area contributed by atoms with E-state index in [9.17, 15) is 9.59 Å². The third-order valence-corrected chi connectivity index (χ3v) is 4.22. The molecule has 2 N–H and O–H groups in total. The van der Waals surface area contributed by atoms with Gasteiger partial charge in [-0.3, -0.25) is 14.5 Å². The monoisotopic (exact) mass is 298 g/mol. The average Bonchev–Trinajstić information content (AvgIpc) is 2.48. The van der Waals surface area contributed by atoms with E-state index in [4.69, 9.17) is 9.52 Å². The molecule has 1 amide bonds. The quantitative estimate of drug-likeness (QED) is 0.837. The van der Waals surface area contributed by atoms with Crippen LogP contribution in [0, 0.1) is 0 Å². The zero-order valence-corrected chi connectivity index (χ0v) is 12.1. The van der Waals surface area contributed by atoms with Crippen LogP contribution >= 0.6 is 11.8 Å². The lowest BCUT2D eigenvalue weighted by Gasteiger charge is -2.31. The zero-order chi connectivity index (χ0) is 14.5. The van der Waals surface area contributed by atoms with Crippen LogP contribution in [0.3, 0.4) is 0 Å². The van der Waals surface area contributed by atoms with E-state index in [1.54, 1.807) is 0 Å². The molecule has 1 aliphatic rings. The molecule has 110 valence electrons. The molecule has 6 nitrogen and oxygen atoms in total. The highest BCUT2D eigenvalue weighted by molar-refractivity contribution is 7.99. The Bertz CT molecular complexity index is 525. The summed E-state index contributed by atoms with van der Waals surface area (Å²) in [5, 5.41) is 11.8. The van der Waals surface area contributed by atoms with Gasteiger partial charge in [0.25, 0.3) is 0 Å². The second-order valence-corrected chi connectivity index (χ2v) is 5.86. The fourth-order valence-electron chi connectivity index (χ4n) is 1.99. The Labute approximate surface area is 121 Å². The number of aromatic hydroxyl groups is 1. The van der Waals surface area contributed by atoms with Crippen LogP contribution in [0.2, 0.25) is 0 Å². The van der Waals surface area contributed by atoms with Gasteiger partial charge in [-0.2, -0.15) is 11.8 Å². The number of carbonyl (C=O) groups is 1. The lowest BCUT2D eigenvalue weighted by Crippen LogP contribution is -2.48. The van der Waals surface area contributed by atoms with Gasteiger partial charge in [0.1, 0.15) is 12.0 Å². The third kappa shape index (κ3) is 3.77. The van der Waals surface area contributed by atoms with E-state index in [0.29, 0.717) is 5.76 Å². The van der Waals surface area contributed by atoms with Gasteiger partial charge in [-0.25, -0.2) is 0 Å². The van der Waals surface area contributed by atoms with Crippen molar-refractivity contribution < 1.29 is 14.3 Å². The van der Waals surface area contributed by atoms with Crippen molar-refractivity contribution in [3.63, 3.8) is 0 Å². The first-order valence-electron chi connectivity index (χ1n) is 6.48. The standard InChI is InChI=1S/C13H18N2O4S/c1-9(15-2-4-20-5-3-15)13(18)14-7-10-6-11(16)12(17)8-19-10/h6,8-9,17H,2-5,7H2,1H3,(H,14,18). The summed E-state index contributed by atoms with van der Waals surface area (Å²) in [5.41, 5.74) is -0.512. The molecule has 20 heavy (non-hydrogen) atoms. The molecule has 0 bridgehead atoms. The summed E-state index contributed by atoms with van der Waals surface area (Å²) >= 11 is 1.89. The first-order chi connectivity index (χ1) is 9.58. The number of rotatable bonds is 4. The number of hydrogen-bond donors (Lipinski definition) is 2. The molecule has 0 saturated carbocycles. The molecular weight excluding hydrogens is 280 g/mol. The number of nitrogens with zero attached hydrogens (tertiary/aromatic N) is 1. The van der Waals surface area contributed by atoms with Crippen LogP contribution in [0.1, 0.15) is 12.7 Å². The highest BCUT2D eigenvalue weighted by atomic mass is 32.2. The van der Waals surface area contributed by atoms with E-state index in [2.05, 4.69) is 10.2 Å². The molecule has 1 aliphatic heterocycles. The summed E-state index contributed by atoms with van der Waals surface area (Å²) in [6.07, 6.45) is 0.981. The van der Waals surface area contributed by atoms with Gasteiger partial charge in [-0.05, 0) is 6.92 Å². The minimum Gasteiger partial charge on any atom is -0.502 e. The van der Waals surface area contributed by atoms with E-state index >= 15 is 0 Å². The molecule has 2 rings (SSSR count). The minimum atomic E-state index is -0.512. The summed E-state index contributed by atoms with van der Waals surface area (Å²) in [6, 6.07) is 0.984. The van der Waals surface area contributed by atoms with E-state index in [-0.39, 0.29) is 18.5 Å². The van der Waals surface area contributed by atoms with E-state index in [1.807, 2.05) is 18.7 Å². The van der Waals surface area contributed by atoms with Gasteiger partial charge in [0, 0.05) is 30.7 Å². The first-order valence-corrected chi connectivity index (χ1v) is 7.63. The highest BCUT2D eigenvalue weighted by Gasteiger charge is 2.22. The van der Waals surface area contributed by atoms with Crippen LogP contribution in [0.5, 0.6) is 5.75 Å². The summed E-state index contributed by atoms with van der Waals surface area (Å²) < 4.78 is 5.03. The van der Waals surface area contributed by atoms with Crippen molar-refractivity contribution in [3.05, 3.63) is 28.3 Å². The number of carbonyl (C=O) groups excluding carboxylic acids is 1. The molecule has 1 unspecified atom stereocenters. The summed E-state index contributed by atoms with van der Waals surface area (Å²) in [5.74, 6) is 1.89. The number of thioether (sulfide) groups is 1. The Hall–Kier alpha value is -1.47. The van der Waals surface area contributed by atoms with Gasteiger partial charge >= 0.3 is 0 Å². The van der Waals surface area contributed by atoms with Gasteiger partial charge in [0.05, 0.1) is 12.6 Å². The average molecular weight is 298 g/mol. The predicted molar refractivity (Wildman–Crippen MR) is 76.8 cm³/mol. The van der Waals surface area contributed by atoms with Crippen LogP contribution in [-0.2, 0) is 11.3 Å². The zero-order valence-electron chi connectivity index (χ0n) is 11.3. The van der Waals surface area contributed by atoms with Crippen molar-refractivity contribution >= 4 is 17.7 Å². The van der Waals surface area contributed by atoms with Crippen LogP contribution in [-0.4, -0.2) is 46.6 Å². The molecule has 1 atom stereocenters. The van der Waals surface area contributed by atoms with Crippen LogP contribution in [0.25, 0.3) is 0 Å². The molecule has 1 saturated heterocycles. The topological polar surface area (TPSA) is 82.8 Å². The SMILES string of the molecule is CC(C(=O)NCc1cc(=O)c(O)co1)N1CCSCC1. The second-order valence-electron chi connectivity index (χ2n) is 4.64. The lowest BCUT2D eigenvalue weighted by atomic mass is 10.2. The Morgan fingerprint density at radius 3 is 2.90 bits per heavy atom. The molecule has 2 heterocycles. The largest absolute Gasteiger partial charge is 0.502 e. The maximum absolute atomic E-state index is 12.0. The van der Waals surface area contributed by atoms with Crippen LogP contribution in [0.15, 0.2) is 21.5 Å². The lowest BCUT2D eigenvalue weighted by molar-refractivity contribution is -0.126. The summed E-state index contributed by atoms with van der Waals surface area (Å²) in [7, 11) is 0. The Balaban J connectivity index is 1.87. The molecule has 0 aliphatic carbocycles. The Kier molecular flexibility index (Phi) is 5.08. The second kappa shape index (κ2) is 6.81. The van der Waals surface area contributed by atoms with E-state index in [1.165, 1.54) is 6.07 Å². The maximum atomic E-state index is 12.0. The molecular formula is C13H18N2O4S. The molecule has 0 aromatic carbocycles. The van der Waals surface area contributed by atoms with E-state index in [0.717, 1.165) is 30.9 Å². The first kappa shape index (κ1) is 14.9. The van der Waals surface area contributed by atoms with Crippen molar-refractivity contribution in [2.24, 2.45) is 0 Å². The van der Waals surface area contributed by atoms with Crippen molar-refractivity contribution in [1.29, 1.82) is 0 Å². The van der Waals surface area contributed by atoms with Gasteiger partial charge in [-0.1, -0.05) is 0 Å². The fourth-order valence-corrected chi connectivity index (χ4v) is 2.92. The molecule has 7 heteroatoms. The number of amides is 1. The molecule has 1 fully saturated rings. The van der Waals surface area contributed by atoms with Gasteiger partial charge < -0.3 is 14.8 Å². The number of nitrogens with one attached hydrogen (secondary N) is 1. The van der Waals surface area contributed by atoms with Gasteiger partial charge in [-0.15, -0.1) is 0 Å². The maximum Gasteiger partial charge on any atom is 0.237 e. The normalized spacial score (nSPS) is 17.6. The van der Waals surface area contributed by atoms with Crippen molar-refractivity contribution in [2.45, 2.75) is 19.5 Å². The van der Waals surface area contributed by atoms with E-state index < -0.39 is 11.2 Å². The Morgan fingerprint density at radius 1 is 1.55 bits per heavy atom. The molecule has 1 aromatic heterocycles. The molecule has 0 spiro atoms. The molecule has 0 radical (unpaired) electrons. The Morgan fingerprint density at radius 2 is 2.25 bits per heavy atom. The highest BCUT2D eigenvalue weighted by Crippen LogP contribution is 2.12. The van der Waals surface area contributed by atoms with Gasteiger partial charge in [0.15, 0.2) is 5.75 Å². The van der Waals surface area contributed by atoms with Crippen LogP contribution in [0.4, 0.5) is 0 Å². The fraction of sp³-hybridized carbons (Fsp3) is 0.538. The van der Waals surface area contributed by atoms with Crippen molar-refractivity contribution in [3.8, 4) is 5.75 Å². The predicted octanol–water partition coefficient (Wildman–Crippen LogP) is 0.399. The minimum absolute atomic E-state index is 0.0902. The smallest absolute Gasteiger partial charge is 0.237 e.